The van der Waals surface area contributed by atoms with Crippen LogP contribution in [0.5, 0.6) is 0 Å². The fraction of sp³-hybridized carbons (Fsp3) is 0.467. The number of nitrogens with one attached hydrogen (secondary N) is 1. The van der Waals surface area contributed by atoms with Crippen LogP contribution in [0.1, 0.15) is 38.2 Å². The summed E-state index contributed by atoms with van der Waals surface area (Å²) < 4.78 is 0. The Morgan fingerprint density at radius 3 is 2.38 bits per heavy atom. The summed E-state index contributed by atoms with van der Waals surface area (Å²) in [5.74, 6) is 0. The lowest BCUT2D eigenvalue weighted by Gasteiger charge is -2.18. The minimum absolute atomic E-state index is 1.02. The molecule has 1 aromatic rings. The van der Waals surface area contributed by atoms with Crippen molar-refractivity contribution in [3.8, 4) is 0 Å². The molecule has 0 atom stereocenters. The predicted octanol–water partition coefficient (Wildman–Crippen LogP) is 4.30. The van der Waals surface area contributed by atoms with Crippen molar-refractivity contribution in [1.29, 1.82) is 0 Å². The number of allylic oxidation sites excluding steroid dienone is 1. The van der Waals surface area contributed by atoms with Crippen LogP contribution in [0.25, 0.3) is 0 Å². The summed E-state index contributed by atoms with van der Waals surface area (Å²) in [7, 11) is 0. The van der Waals surface area contributed by atoms with Gasteiger partial charge in [0.15, 0.2) is 0 Å². The molecule has 86 valence electrons. The zero-order valence-electron chi connectivity index (χ0n) is 10.3. The van der Waals surface area contributed by atoms with Gasteiger partial charge in [-0.1, -0.05) is 28.8 Å². The molecule has 0 aliphatic heterocycles. The molecule has 1 aliphatic rings. The molecule has 0 saturated heterocycles. The third-order valence-corrected chi connectivity index (χ3v) is 3.44. The number of hydrogen-bond acceptors (Lipinski definition) is 1. The Labute approximate surface area is 98.6 Å². The van der Waals surface area contributed by atoms with E-state index in [-0.39, 0.29) is 0 Å². The lowest BCUT2D eigenvalue weighted by atomic mass is 9.93. The number of rotatable bonds is 3. The van der Waals surface area contributed by atoms with Crippen LogP contribution in [0.4, 0.5) is 5.69 Å². The standard InChI is InChI=1S/C15H21N/c1-12-7-9-15(10-8-12)16-11-14-6-4-3-5-13(14)2/h7-10,16H,3-6,11H2,1-2H3. The smallest absolute Gasteiger partial charge is 0.0362 e. The first-order valence-electron chi connectivity index (χ1n) is 6.24. The Kier molecular flexibility index (Phi) is 3.66. The van der Waals surface area contributed by atoms with Crippen molar-refractivity contribution in [2.24, 2.45) is 0 Å². The highest BCUT2D eigenvalue weighted by Crippen LogP contribution is 2.24. The molecule has 1 aliphatic carbocycles. The highest BCUT2D eigenvalue weighted by molar-refractivity contribution is 5.45. The highest BCUT2D eigenvalue weighted by atomic mass is 14.9. The van der Waals surface area contributed by atoms with Crippen molar-refractivity contribution in [3.05, 3.63) is 41.0 Å². The molecule has 1 aromatic carbocycles. The van der Waals surface area contributed by atoms with Gasteiger partial charge in [-0.3, -0.25) is 0 Å². The topological polar surface area (TPSA) is 12.0 Å². The van der Waals surface area contributed by atoms with Crippen LogP contribution >= 0.6 is 0 Å². The maximum absolute atomic E-state index is 3.51. The van der Waals surface area contributed by atoms with E-state index in [0.29, 0.717) is 0 Å². The molecule has 1 N–H and O–H groups in total. The monoisotopic (exact) mass is 215 g/mol. The minimum atomic E-state index is 1.02. The SMILES string of the molecule is CC1=C(CNc2ccc(C)cc2)CCCC1. The molecule has 0 fully saturated rings. The lowest BCUT2D eigenvalue weighted by Crippen LogP contribution is -2.09. The molecule has 16 heavy (non-hydrogen) atoms. The van der Waals surface area contributed by atoms with E-state index in [2.05, 4.69) is 43.4 Å². The van der Waals surface area contributed by atoms with Gasteiger partial charge in [-0.25, -0.2) is 0 Å². The first-order valence-corrected chi connectivity index (χ1v) is 6.24. The Morgan fingerprint density at radius 1 is 1.00 bits per heavy atom. The number of aryl methyl sites for hydroxylation is 1. The summed E-state index contributed by atoms with van der Waals surface area (Å²) in [4.78, 5) is 0. The van der Waals surface area contributed by atoms with Crippen molar-refractivity contribution in [2.45, 2.75) is 39.5 Å². The van der Waals surface area contributed by atoms with E-state index in [9.17, 15) is 0 Å². The quantitative estimate of drug-likeness (QED) is 0.741. The van der Waals surface area contributed by atoms with E-state index >= 15 is 0 Å². The van der Waals surface area contributed by atoms with E-state index in [1.54, 1.807) is 11.1 Å². The van der Waals surface area contributed by atoms with Crippen LogP contribution in [-0.2, 0) is 0 Å². The molecule has 0 saturated carbocycles. The summed E-state index contributed by atoms with van der Waals surface area (Å²) in [6, 6.07) is 8.64. The van der Waals surface area contributed by atoms with Gasteiger partial charge in [0.25, 0.3) is 0 Å². The normalized spacial score (nSPS) is 16.4. The summed E-state index contributed by atoms with van der Waals surface area (Å²) in [6.07, 6.45) is 5.32. The summed E-state index contributed by atoms with van der Waals surface area (Å²) in [5.41, 5.74) is 5.77. The van der Waals surface area contributed by atoms with Crippen LogP contribution in [0.2, 0.25) is 0 Å². The summed E-state index contributed by atoms with van der Waals surface area (Å²) in [6.45, 7) is 5.43. The van der Waals surface area contributed by atoms with Crippen molar-refractivity contribution >= 4 is 5.69 Å². The van der Waals surface area contributed by atoms with Crippen LogP contribution in [-0.4, -0.2) is 6.54 Å². The highest BCUT2D eigenvalue weighted by Gasteiger charge is 2.08. The maximum Gasteiger partial charge on any atom is 0.0362 e. The Bertz CT molecular complexity index is 373. The van der Waals surface area contributed by atoms with Crippen molar-refractivity contribution in [1.82, 2.24) is 0 Å². The fourth-order valence-electron chi connectivity index (χ4n) is 2.24. The van der Waals surface area contributed by atoms with Crippen LogP contribution in [0.3, 0.4) is 0 Å². The maximum atomic E-state index is 3.51. The Morgan fingerprint density at radius 2 is 1.69 bits per heavy atom. The van der Waals surface area contributed by atoms with Gasteiger partial charge >= 0.3 is 0 Å². The summed E-state index contributed by atoms with van der Waals surface area (Å²) >= 11 is 0. The van der Waals surface area contributed by atoms with Crippen LogP contribution < -0.4 is 5.32 Å². The predicted molar refractivity (Wildman–Crippen MR) is 70.8 cm³/mol. The molecule has 0 bridgehead atoms. The molecule has 0 heterocycles. The van der Waals surface area contributed by atoms with E-state index in [0.717, 1.165) is 6.54 Å². The number of benzene rings is 1. The van der Waals surface area contributed by atoms with E-state index in [4.69, 9.17) is 0 Å². The first-order chi connectivity index (χ1) is 7.75. The fourth-order valence-corrected chi connectivity index (χ4v) is 2.24. The van der Waals surface area contributed by atoms with E-state index < -0.39 is 0 Å². The second-order valence-electron chi connectivity index (χ2n) is 4.81. The van der Waals surface area contributed by atoms with Gasteiger partial charge in [-0.15, -0.1) is 0 Å². The molecule has 1 nitrogen and oxygen atoms in total. The Balaban J connectivity index is 1.94. The minimum Gasteiger partial charge on any atom is -0.381 e. The van der Waals surface area contributed by atoms with Crippen molar-refractivity contribution in [2.75, 3.05) is 11.9 Å². The van der Waals surface area contributed by atoms with Crippen LogP contribution in [0, 0.1) is 6.92 Å². The number of anilines is 1. The van der Waals surface area contributed by atoms with E-state index in [1.807, 2.05) is 0 Å². The van der Waals surface area contributed by atoms with Gasteiger partial charge in [-0.05, 0) is 51.7 Å². The summed E-state index contributed by atoms with van der Waals surface area (Å²) in [5, 5.41) is 3.51. The zero-order chi connectivity index (χ0) is 11.4. The molecule has 0 aromatic heterocycles. The average molecular weight is 215 g/mol. The second kappa shape index (κ2) is 5.20. The van der Waals surface area contributed by atoms with Crippen molar-refractivity contribution < 1.29 is 0 Å². The molecule has 0 spiro atoms. The van der Waals surface area contributed by atoms with Gasteiger partial charge < -0.3 is 5.32 Å². The molecule has 1 heteroatoms. The lowest BCUT2D eigenvalue weighted by molar-refractivity contribution is 0.666. The third kappa shape index (κ3) is 2.88. The van der Waals surface area contributed by atoms with Gasteiger partial charge in [0.05, 0.1) is 0 Å². The molecular weight excluding hydrogens is 194 g/mol. The largest absolute Gasteiger partial charge is 0.381 e. The zero-order valence-corrected chi connectivity index (χ0v) is 10.3. The molecular formula is C15H21N. The van der Waals surface area contributed by atoms with Gasteiger partial charge in [0, 0.05) is 12.2 Å². The first kappa shape index (κ1) is 11.3. The number of hydrogen-bond donors (Lipinski definition) is 1. The third-order valence-electron chi connectivity index (χ3n) is 3.44. The van der Waals surface area contributed by atoms with Gasteiger partial charge in [0.2, 0.25) is 0 Å². The van der Waals surface area contributed by atoms with E-state index in [1.165, 1.54) is 36.9 Å². The molecule has 0 unspecified atom stereocenters. The van der Waals surface area contributed by atoms with Gasteiger partial charge in [0.1, 0.15) is 0 Å². The molecule has 0 amide bonds. The van der Waals surface area contributed by atoms with Crippen LogP contribution in [0.15, 0.2) is 35.4 Å². The average Bonchev–Trinajstić information content (AvgIpc) is 2.30. The van der Waals surface area contributed by atoms with Crippen molar-refractivity contribution in [3.63, 3.8) is 0 Å². The molecule has 0 radical (unpaired) electrons. The van der Waals surface area contributed by atoms with Gasteiger partial charge in [-0.2, -0.15) is 0 Å². The Hall–Kier alpha value is -1.24. The molecule has 2 rings (SSSR count). The second-order valence-corrected chi connectivity index (χ2v) is 4.81.